The number of benzene rings is 1. The van der Waals surface area contributed by atoms with E-state index in [0.29, 0.717) is 23.8 Å². The van der Waals surface area contributed by atoms with Gasteiger partial charge in [-0.15, -0.1) is 0 Å². The van der Waals surface area contributed by atoms with Gasteiger partial charge in [-0.25, -0.2) is 0 Å². The van der Waals surface area contributed by atoms with Crippen molar-refractivity contribution >= 4 is 5.69 Å². The molecule has 0 aliphatic carbocycles. The molecule has 0 bridgehead atoms. The summed E-state index contributed by atoms with van der Waals surface area (Å²) < 4.78 is 12.6. The SMILES string of the molecule is COc1cc(N)ccc1OCc1cnn(C)c1. The average molecular weight is 233 g/mol. The molecule has 5 heteroatoms. The summed E-state index contributed by atoms with van der Waals surface area (Å²) in [6.45, 7) is 0.452. The third kappa shape index (κ3) is 2.69. The van der Waals surface area contributed by atoms with Crippen LogP contribution in [0.5, 0.6) is 11.5 Å². The zero-order valence-corrected chi connectivity index (χ0v) is 9.88. The number of nitrogens with zero attached hydrogens (tertiary/aromatic N) is 2. The largest absolute Gasteiger partial charge is 0.493 e. The number of hydrogen-bond donors (Lipinski definition) is 1. The maximum atomic E-state index is 5.66. The number of rotatable bonds is 4. The molecule has 90 valence electrons. The minimum atomic E-state index is 0.452. The van der Waals surface area contributed by atoms with Crippen molar-refractivity contribution in [2.45, 2.75) is 6.61 Å². The number of methoxy groups -OCH3 is 1. The molecule has 1 aromatic carbocycles. The monoisotopic (exact) mass is 233 g/mol. The maximum absolute atomic E-state index is 5.66. The van der Waals surface area contributed by atoms with Crippen LogP contribution in [0.1, 0.15) is 5.56 Å². The number of nitrogens with two attached hydrogens (primary N) is 1. The Hall–Kier alpha value is -2.17. The molecule has 0 atom stereocenters. The van der Waals surface area contributed by atoms with Crippen molar-refractivity contribution in [3.05, 3.63) is 36.2 Å². The molecule has 1 aromatic heterocycles. The Kier molecular flexibility index (Phi) is 3.18. The minimum Gasteiger partial charge on any atom is -0.493 e. The molecular weight excluding hydrogens is 218 g/mol. The van der Waals surface area contributed by atoms with Gasteiger partial charge in [0, 0.05) is 30.6 Å². The molecule has 0 aliphatic heterocycles. The van der Waals surface area contributed by atoms with Crippen LogP contribution in [-0.2, 0) is 13.7 Å². The molecule has 17 heavy (non-hydrogen) atoms. The first-order valence-corrected chi connectivity index (χ1v) is 5.23. The summed E-state index contributed by atoms with van der Waals surface area (Å²) in [6, 6.07) is 5.31. The molecule has 0 spiro atoms. The Morgan fingerprint density at radius 2 is 2.18 bits per heavy atom. The number of nitrogen functional groups attached to an aromatic ring is 1. The molecule has 0 unspecified atom stereocenters. The van der Waals surface area contributed by atoms with Gasteiger partial charge >= 0.3 is 0 Å². The van der Waals surface area contributed by atoms with Crippen LogP contribution in [-0.4, -0.2) is 16.9 Å². The van der Waals surface area contributed by atoms with Gasteiger partial charge in [-0.2, -0.15) is 5.10 Å². The van der Waals surface area contributed by atoms with Crippen LogP contribution in [0.4, 0.5) is 5.69 Å². The minimum absolute atomic E-state index is 0.452. The van der Waals surface area contributed by atoms with Crippen LogP contribution in [0.2, 0.25) is 0 Å². The molecule has 2 aromatic rings. The van der Waals surface area contributed by atoms with E-state index in [-0.39, 0.29) is 0 Å². The van der Waals surface area contributed by atoms with Gasteiger partial charge in [-0.3, -0.25) is 4.68 Å². The van der Waals surface area contributed by atoms with E-state index < -0.39 is 0 Å². The predicted octanol–water partition coefficient (Wildman–Crippen LogP) is 1.59. The van der Waals surface area contributed by atoms with Crippen molar-refractivity contribution in [2.75, 3.05) is 12.8 Å². The lowest BCUT2D eigenvalue weighted by molar-refractivity contribution is 0.284. The number of ether oxygens (including phenoxy) is 2. The van der Waals surface area contributed by atoms with E-state index in [0.717, 1.165) is 5.56 Å². The van der Waals surface area contributed by atoms with E-state index in [2.05, 4.69) is 5.10 Å². The topological polar surface area (TPSA) is 62.3 Å². The molecule has 0 aliphatic rings. The summed E-state index contributed by atoms with van der Waals surface area (Å²) in [5.74, 6) is 1.31. The van der Waals surface area contributed by atoms with Crippen molar-refractivity contribution in [3.63, 3.8) is 0 Å². The quantitative estimate of drug-likeness (QED) is 0.814. The molecule has 0 saturated heterocycles. The van der Waals surface area contributed by atoms with Gasteiger partial charge in [0.2, 0.25) is 0 Å². The summed E-state index contributed by atoms with van der Waals surface area (Å²) in [6.07, 6.45) is 3.67. The number of anilines is 1. The van der Waals surface area contributed by atoms with E-state index in [1.807, 2.05) is 13.2 Å². The lowest BCUT2D eigenvalue weighted by Gasteiger charge is -2.10. The van der Waals surface area contributed by atoms with Gasteiger partial charge in [0.25, 0.3) is 0 Å². The van der Waals surface area contributed by atoms with Crippen molar-refractivity contribution in [2.24, 2.45) is 7.05 Å². The van der Waals surface area contributed by atoms with Gasteiger partial charge in [-0.1, -0.05) is 0 Å². The van der Waals surface area contributed by atoms with Crippen LogP contribution >= 0.6 is 0 Å². The second-order valence-corrected chi connectivity index (χ2v) is 3.72. The zero-order valence-electron chi connectivity index (χ0n) is 9.88. The van der Waals surface area contributed by atoms with E-state index in [4.69, 9.17) is 15.2 Å². The number of aromatic nitrogens is 2. The fourth-order valence-corrected chi connectivity index (χ4v) is 1.51. The highest BCUT2D eigenvalue weighted by Crippen LogP contribution is 2.29. The first-order valence-electron chi connectivity index (χ1n) is 5.23. The molecule has 1 heterocycles. The van der Waals surface area contributed by atoms with Crippen LogP contribution < -0.4 is 15.2 Å². The van der Waals surface area contributed by atoms with Gasteiger partial charge in [0.05, 0.1) is 13.3 Å². The first-order chi connectivity index (χ1) is 8.19. The summed E-state index contributed by atoms with van der Waals surface area (Å²) in [7, 11) is 3.46. The van der Waals surface area contributed by atoms with E-state index in [9.17, 15) is 0 Å². The third-order valence-corrected chi connectivity index (χ3v) is 2.34. The fourth-order valence-electron chi connectivity index (χ4n) is 1.51. The van der Waals surface area contributed by atoms with Crippen molar-refractivity contribution in [1.29, 1.82) is 0 Å². The second kappa shape index (κ2) is 4.78. The summed E-state index contributed by atoms with van der Waals surface area (Å²) >= 11 is 0. The molecule has 0 saturated carbocycles. The van der Waals surface area contributed by atoms with Crippen molar-refractivity contribution < 1.29 is 9.47 Å². The zero-order chi connectivity index (χ0) is 12.3. The van der Waals surface area contributed by atoms with Crippen LogP contribution in [0.3, 0.4) is 0 Å². The van der Waals surface area contributed by atoms with Gasteiger partial charge in [-0.05, 0) is 12.1 Å². The van der Waals surface area contributed by atoms with Crippen LogP contribution in [0, 0.1) is 0 Å². The molecule has 0 fully saturated rings. The smallest absolute Gasteiger partial charge is 0.162 e. The maximum Gasteiger partial charge on any atom is 0.162 e. The Balaban J connectivity index is 2.08. The molecule has 2 N–H and O–H groups in total. The molecule has 0 amide bonds. The van der Waals surface area contributed by atoms with E-state index >= 15 is 0 Å². The van der Waals surface area contributed by atoms with Gasteiger partial charge in [0.1, 0.15) is 6.61 Å². The Bertz CT molecular complexity index is 508. The second-order valence-electron chi connectivity index (χ2n) is 3.72. The highest BCUT2D eigenvalue weighted by molar-refractivity contribution is 5.51. The Labute approximate surface area is 99.8 Å². The summed E-state index contributed by atoms with van der Waals surface area (Å²) in [5.41, 5.74) is 7.32. The predicted molar refractivity (Wildman–Crippen MR) is 64.9 cm³/mol. The first kappa shape index (κ1) is 11.3. The highest BCUT2D eigenvalue weighted by Gasteiger charge is 2.05. The molecule has 0 radical (unpaired) electrons. The van der Waals surface area contributed by atoms with Gasteiger partial charge in [0.15, 0.2) is 11.5 Å². The van der Waals surface area contributed by atoms with E-state index in [1.54, 1.807) is 36.2 Å². The van der Waals surface area contributed by atoms with Crippen molar-refractivity contribution in [1.82, 2.24) is 9.78 Å². The Morgan fingerprint density at radius 3 is 2.82 bits per heavy atom. The lowest BCUT2D eigenvalue weighted by Crippen LogP contribution is -1.97. The number of aryl methyl sites for hydroxylation is 1. The Morgan fingerprint density at radius 1 is 1.35 bits per heavy atom. The summed E-state index contributed by atoms with van der Waals surface area (Å²) in [4.78, 5) is 0. The normalized spacial score (nSPS) is 10.2. The molecule has 5 nitrogen and oxygen atoms in total. The molecular formula is C12H15N3O2. The number of hydrogen-bond acceptors (Lipinski definition) is 4. The van der Waals surface area contributed by atoms with Gasteiger partial charge < -0.3 is 15.2 Å². The lowest BCUT2D eigenvalue weighted by atomic mass is 10.3. The standard InChI is InChI=1S/C12H15N3O2/c1-15-7-9(6-14-15)8-17-11-4-3-10(13)5-12(11)16-2/h3-7H,8,13H2,1-2H3. The fraction of sp³-hybridized carbons (Fsp3) is 0.250. The van der Waals surface area contributed by atoms with E-state index in [1.165, 1.54) is 0 Å². The highest BCUT2D eigenvalue weighted by atomic mass is 16.5. The average Bonchev–Trinajstić information content (AvgIpc) is 2.73. The van der Waals surface area contributed by atoms with Crippen LogP contribution in [0.25, 0.3) is 0 Å². The summed E-state index contributed by atoms with van der Waals surface area (Å²) in [5, 5.41) is 4.07. The van der Waals surface area contributed by atoms with Crippen LogP contribution in [0.15, 0.2) is 30.6 Å². The van der Waals surface area contributed by atoms with Crippen molar-refractivity contribution in [3.8, 4) is 11.5 Å². The molecule has 2 rings (SSSR count). The third-order valence-electron chi connectivity index (χ3n) is 2.34.